The number of nitrogens with one attached hydrogen (secondary N) is 1. The van der Waals surface area contributed by atoms with Gasteiger partial charge in [0.1, 0.15) is 0 Å². The molecular formula is C16H21N3OS. The number of anilines is 1. The van der Waals surface area contributed by atoms with Crippen molar-refractivity contribution in [2.75, 3.05) is 18.5 Å². The monoisotopic (exact) mass is 303 g/mol. The zero-order chi connectivity index (χ0) is 15.2. The van der Waals surface area contributed by atoms with Crippen LogP contribution in [0.15, 0.2) is 41.9 Å². The summed E-state index contributed by atoms with van der Waals surface area (Å²) in [6.45, 7) is 4.60. The van der Waals surface area contributed by atoms with Crippen LogP contribution in [0.25, 0.3) is 0 Å². The van der Waals surface area contributed by atoms with E-state index >= 15 is 0 Å². The largest absolute Gasteiger partial charge is 0.301 e. The van der Waals surface area contributed by atoms with Crippen LogP contribution in [-0.4, -0.2) is 24.5 Å². The van der Waals surface area contributed by atoms with Gasteiger partial charge in [0, 0.05) is 24.7 Å². The molecule has 1 N–H and O–H groups in total. The molecule has 0 spiro atoms. The van der Waals surface area contributed by atoms with Crippen molar-refractivity contribution < 1.29 is 4.79 Å². The minimum Gasteiger partial charge on any atom is -0.301 e. The number of amides is 1. The zero-order valence-corrected chi connectivity index (χ0v) is 13.4. The molecule has 0 aliphatic carbocycles. The number of benzene rings is 1. The maximum absolute atomic E-state index is 12.2. The molecule has 0 aliphatic rings. The fourth-order valence-electron chi connectivity index (χ4n) is 2.20. The molecule has 21 heavy (non-hydrogen) atoms. The predicted octanol–water partition coefficient (Wildman–Crippen LogP) is 3.09. The highest BCUT2D eigenvalue weighted by Crippen LogP contribution is 2.21. The molecule has 1 atom stereocenters. The fraction of sp³-hybridized carbons (Fsp3) is 0.375. The first-order valence-electron chi connectivity index (χ1n) is 7.04. The van der Waals surface area contributed by atoms with Gasteiger partial charge >= 0.3 is 0 Å². The Morgan fingerprint density at radius 1 is 1.33 bits per heavy atom. The van der Waals surface area contributed by atoms with E-state index in [2.05, 4.69) is 36.3 Å². The Bertz CT molecular complexity index is 554. The maximum Gasteiger partial charge on any atom is 0.242 e. The van der Waals surface area contributed by atoms with Gasteiger partial charge in [0.25, 0.3) is 0 Å². The normalized spacial score (nSPS) is 12.4. The number of thiazole rings is 1. The van der Waals surface area contributed by atoms with Gasteiger partial charge in [0.2, 0.25) is 5.91 Å². The molecule has 112 valence electrons. The van der Waals surface area contributed by atoms with Crippen molar-refractivity contribution >= 4 is 22.4 Å². The zero-order valence-electron chi connectivity index (χ0n) is 12.6. The first-order valence-corrected chi connectivity index (χ1v) is 7.92. The van der Waals surface area contributed by atoms with E-state index in [-0.39, 0.29) is 11.9 Å². The topological polar surface area (TPSA) is 45.2 Å². The average Bonchev–Trinajstić information content (AvgIpc) is 3.01. The van der Waals surface area contributed by atoms with Gasteiger partial charge in [-0.05, 0) is 11.5 Å². The highest BCUT2D eigenvalue weighted by molar-refractivity contribution is 7.13. The van der Waals surface area contributed by atoms with Gasteiger partial charge in [-0.15, -0.1) is 11.3 Å². The lowest BCUT2D eigenvalue weighted by molar-refractivity contribution is -0.117. The van der Waals surface area contributed by atoms with Crippen molar-refractivity contribution in [3.05, 3.63) is 47.5 Å². The van der Waals surface area contributed by atoms with Gasteiger partial charge in [0.05, 0.1) is 6.54 Å². The third-order valence-electron chi connectivity index (χ3n) is 3.38. The van der Waals surface area contributed by atoms with Crippen molar-refractivity contribution in [2.24, 2.45) is 5.92 Å². The summed E-state index contributed by atoms with van der Waals surface area (Å²) >= 11 is 1.46. The summed E-state index contributed by atoms with van der Waals surface area (Å²) in [4.78, 5) is 18.0. The maximum atomic E-state index is 12.2. The SMILES string of the molecule is CC(C)C(NCC(=O)N(C)c1nccs1)c1ccccc1. The van der Waals surface area contributed by atoms with Crippen LogP contribution in [0.2, 0.25) is 0 Å². The van der Waals surface area contributed by atoms with E-state index in [1.54, 1.807) is 18.1 Å². The van der Waals surface area contributed by atoms with Crippen molar-refractivity contribution in [1.82, 2.24) is 10.3 Å². The van der Waals surface area contributed by atoms with E-state index in [0.29, 0.717) is 12.5 Å². The number of aromatic nitrogens is 1. The van der Waals surface area contributed by atoms with Gasteiger partial charge in [-0.2, -0.15) is 0 Å². The summed E-state index contributed by atoms with van der Waals surface area (Å²) in [5, 5.41) is 5.96. The van der Waals surface area contributed by atoms with E-state index in [1.165, 1.54) is 16.9 Å². The molecule has 0 radical (unpaired) electrons. The summed E-state index contributed by atoms with van der Waals surface area (Å²) < 4.78 is 0. The number of nitrogens with zero attached hydrogens (tertiary/aromatic N) is 2. The Labute approximate surface area is 129 Å². The molecule has 2 rings (SSSR count). The van der Waals surface area contributed by atoms with Crippen LogP contribution in [0.5, 0.6) is 0 Å². The molecule has 5 heteroatoms. The van der Waals surface area contributed by atoms with E-state index in [9.17, 15) is 4.79 Å². The predicted molar refractivity (Wildman–Crippen MR) is 87.5 cm³/mol. The smallest absolute Gasteiger partial charge is 0.242 e. The molecule has 1 aromatic carbocycles. The Morgan fingerprint density at radius 3 is 2.62 bits per heavy atom. The van der Waals surface area contributed by atoms with Crippen LogP contribution in [0.1, 0.15) is 25.5 Å². The Morgan fingerprint density at radius 2 is 2.05 bits per heavy atom. The molecule has 2 aromatic rings. The average molecular weight is 303 g/mol. The minimum atomic E-state index is 0.0199. The first kappa shape index (κ1) is 15.7. The molecule has 0 saturated heterocycles. The summed E-state index contributed by atoms with van der Waals surface area (Å²) in [6, 6.07) is 10.4. The third-order valence-corrected chi connectivity index (χ3v) is 4.23. The highest BCUT2D eigenvalue weighted by atomic mass is 32.1. The Balaban J connectivity index is 1.98. The van der Waals surface area contributed by atoms with Crippen LogP contribution in [0, 0.1) is 5.92 Å². The van der Waals surface area contributed by atoms with Crippen LogP contribution >= 0.6 is 11.3 Å². The molecule has 0 saturated carbocycles. The van der Waals surface area contributed by atoms with E-state index < -0.39 is 0 Å². The number of carbonyl (C=O) groups is 1. The molecular weight excluding hydrogens is 282 g/mol. The molecule has 1 amide bonds. The van der Waals surface area contributed by atoms with E-state index in [1.807, 2.05) is 23.6 Å². The number of carbonyl (C=O) groups excluding carboxylic acids is 1. The lowest BCUT2D eigenvalue weighted by Crippen LogP contribution is -2.38. The second kappa shape index (κ2) is 7.33. The summed E-state index contributed by atoms with van der Waals surface area (Å²) in [5.41, 5.74) is 1.21. The number of likely N-dealkylation sites (N-methyl/N-ethyl adjacent to an activating group) is 1. The Hall–Kier alpha value is -1.72. The van der Waals surface area contributed by atoms with Gasteiger partial charge in [-0.3, -0.25) is 9.69 Å². The van der Waals surface area contributed by atoms with Gasteiger partial charge in [0.15, 0.2) is 5.13 Å². The fourth-order valence-corrected chi connectivity index (χ4v) is 2.83. The number of hydrogen-bond donors (Lipinski definition) is 1. The second-order valence-corrected chi connectivity index (χ2v) is 6.15. The van der Waals surface area contributed by atoms with Crippen LogP contribution in [-0.2, 0) is 4.79 Å². The summed E-state index contributed by atoms with van der Waals surface area (Å²) in [5.74, 6) is 0.428. The van der Waals surface area contributed by atoms with Crippen LogP contribution in [0.3, 0.4) is 0 Å². The van der Waals surface area contributed by atoms with E-state index in [0.717, 1.165) is 5.13 Å². The van der Waals surface area contributed by atoms with E-state index in [4.69, 9.17) is 0 Å². The highest BCUT2D eigenvalue weighted by Gasteiger charge is 2.18. The van der Waals surface area contributed by atoms with Gasteiger partial charge in [-0.25, -0.2) is 4.98 Å². The summed E-state index contributed by atoms with van der Waals surface area (Å²) in [6.07, 6.45) is 1.71. The number of rotatable bonds is 6. The first-order chi connectivity index (χ1) is 10.1. The Kier molecular flexibility index (Phi) is 5.47. The standard InChI is InChI=1S/C16H21N3OS/c1-12(2)15(13-7-5-4-6-8-13)18-11-14(20)19(3)16-17-9-10-21-16/h4-10,12,15,18H,11H2,1-3H3. The molecule has 1 unspecified atom stereocenters. The molecule has 0 bridgehead atoms. The number of hydrogen-bond acceptors (Lipinski definition) is 4. The van der Waals surface area contributed by atoms with Gasteiger partial charge in [-0.1, -0.05) is 44.2 Å². The lowest BCUT2D eigenvalue weighted by Gasteiger charge is -2.24. The van der Waals surface area contributed by atoms with Crippen molar-refractivity contribution in [3.8, 4) is 0 Å². The second-order valence-electron chi connectivity index (χ2n) is 5.28. The third kappa shape index (κ3) is 4.12. The lowest BCUT2D eigenvalue weighted by atomic mass is 9.96. The van der Waals surface area contributed by atoms with Crippen molar-refractivity contribution in [1.29, 1.82) is 0 Å². The quantitative estimate of drug-likeness (QED) is 0.892. The molecule has 0 aliphatic heterocycles. The van der Waals surface area contributed by atoms with Crippen LogP contribution < -0.4 is 10.2 Å². The molecule has 0 fully saturated rings. The minimum absolute atomic E-state index is 0.0199. The molecule has 4 nitrogen and oxygen atoms in total. The summed E-state index contributed by atoms with van der Waals surface area (Å²) in [7, 11) is 1.76. The molecule has 1 aromatic heterocycles. The molecule has 1 heterocycles. The van der Waals surface area contributed by atoms with Crippen molar-refractivity contribution in [3.63, 3.8) is 0 Å². The van der Waals surface area contributed by atoms with Gasteiger partial charge < -0.3 is 5.32 Å². The van der Waals surface area contributed by atoms with Crippen molar-refractivity contribution in [2.45, 2.75) is 19.9 Å². The van der Waals surface area contributed by atoms with Crippen LogP contribution in [0.4, 0.5) is 5.13 Å².